The van der Waals surface area contributed by atoms with Crippen LogP contribution in [-0.2, 0) is 25.6 Å². The maximum Gasteiger partial charge on any atom is 0.326 e. The van der Waals surface area contributed by atoms with Gasteiger partial charge in [-0.05, 0) is 19.3 Å². The number of hydrogen-bond acceptors (Lipinski definition) is 6. The van der Waals surface area contributed by atoms with E-state index in [0.29, 0.717) is 25.1 Å². The van der Waals surface area contributed by atoms with Gasteiger partial charge in [0.15, 0.2) is 0 Å². The third-order valence-corrected chi connectivity index (χ3v) is 4.42. The van der Waals surface area contributed by atoms with Crippen LogP contribution in [0.25, 0.3) is 0 Å². The third kappa shape index (κ3) is 5.51. The number of carbonyl (C=O) groups excluding carboxylic acids is 2. The predicted octanol–water partition coefficient (Wildman–Crippen LogP) is -1.30. The Morgan fingerprint density at radius 3 is 2.70 bits per heavy atom. The number of H-pyrrole nitrogens is 1. The third-order valence-electron chi connectivity index (χ3n) is 4.42. The lowest BCUT2D eigenvalue weighted by Crippen LogP contribution is -2.54. The van der Waals surface area contributed by atoms with Crippen LogP contribution in [0.1, 0.15) is 31.4 Å². The minimum absolute atomic E-state index is 0.0276. The molecular formula is C16H23N5O6. The van der Waals surface area contributed by atoms with Crippen LogP contribution in [0.15, 0.2) is 12.5 Å². The number of aliphatic carboxylic acids is 2. The summed E-state index contributed by atoms with van der Waals surface area (Å²) >= 11 is 0. The molecule has 0 saturated carbocycles. The lowest BCUT2D eigenvalue weighted by molar-refractivity contribution is -0.144. The van der Waals surface area contributed by atoms with Crippen molar-refractivity contribution in [2.45, 2.75) is 50.2 Å². The Kier molecular flexibility index (Phi) is 6.88. The first-order valence-electron chi connectivity index (χ1n) is 8.58. The normalized spacial score (nSPS) is 18.7. The van der Waals surface area contributed by atoms with Crippen molar-refractivity contribution in [2.75, 3.05) is 6.54 Å². The van der Waals surface area contributed by atoms with E-state index in [-0.39, 0.29) is 19.3 Å². The number of aromatic amines is 1. The smallest absolute Gasteiger partial charge is 0.326 e. The molecule has 3 atom stereocenters. The molecule has 3 unspecified atom stereocenters. The van der Waals surface area contributed by atoms with E-state index in [1.54, 1.807) is 0 Å². The number of carboxylic acids is 2. The molecular weight excluding hydrogens is 358 g/mol. The standard InChI is InChI=1S/C16H23N5O6/c17-10(3-4-13(22)23)15(25)21-5-1-2-12(21)14(24)20-11(16(26)27)6-9-7-18-8-19-9/h7-8,10-12H,1-6,17H2,(H,18,19)(H,20,24)(H,22,23)(H,26,27). The van der Waals surface area contributed by atoms with Crippen molar-refractivity contribution in [3.63, 3.8) is 0 Å². The van der Waals surface area contributed by atoms with Gasteiger partial charge in [-0.2, -0.15) is 0 Å². The quantitative estimate of drug-likeness (QED) is 0.350. The zero-order valence-corrected chi connectivity index (χ0v) is 14.6. The molecule has 11 heteroatoms. The van der Waals surface area contributed by atoms with Crippen LogP contribution in [0.2, 0.25) is 0 Å². The van der Waals surface area contributed by atoms with E-state index in [0.717, 1.165) is 0 Å². The molecule has 0 spiro atoms. The van der Waals surface area contributed by atoms with E-state index in [9.17, 15) is 24.3 Å². The number of aromatic nitrogens is 2. The van der Waals surface area contributed by atoms with Crippen LogP contribution in [0.5, 0.6) is 0 Å². The van der Waals surface area contributed by atoms with Gasteiger partial charge in [-0.1, -0.05) is 0 Å². The Bertz CT molecular complexity index is 691. The highest BCUT2D eigenvalue weighted by Gasteiger charge is 2.37. The first-order valence-corrected chi connectivity index (χ1v) is 8.58. The number of rotatable bonds is 9. The maximum absolute atomic E-state index is 12.6. The molecule has 6 N–H and O–H groups in total. The molecule has 2 heterocycles. The summed E-state index contributed by atoms with van der Waals surface area (Å²) in [6.07, 6.45) is 3.59. The van der Waals surface area contributed by atoms with Crippen LogP contribution in [-0.4, -0.2) is 73.5 Å². The topological polar surface area (TPSA) is 179 Å². The Hall–Kier alpha value is -2.95. The second kappa shape index (κ2) is 9.12. The molecule has 1 saturated heterocycles. The number of hydrogen-bond donors (Lipinski definition) is 5. The highest BCUT2D eigenvalue weighted by atomic mass is 16.4. The molecule has 148 valence electrons. The van der Waals surface area contributed by atoms with Crippen molar-refractivity contribution < 1.29 is 29.4 Å². The summed E-state index contributed by atoms with van der Waals surface area (Å²) < 4.78 is 0. The predicted molar refractivity (Wildman–Crippen MR) is 91.4 cm³/mol. The van der Waals surface area contributed by atoms with Crippen LogP contribution in [0.4, 0.5) is 0 Å². The molecule has 11 nitrogen and oxygen atoms in total. The van der Waals surface area contributed by atoms with Crippen molar-refractivity contribution in [1.29, 1.82) is 0 Å². The van der Waals surface area contributed by atoms with Crippen LogP contribution in [0, 0.1) is 0 Å². The second-order valence-electron chi connectivity index (χ2n) is 6.41. The first kappa shape index (κ1) is 20.4. The first-order chi connectivity index (χ1) is 12.8. The number of nitrogens with zero attached hydrogens (tertiary/aromatic N) is 2. The fourth-order valence-corrected chi connectivity index (χ4v) is 3.00. The summed E-state index contributed by atoms with van der Waals surface area (Å²) in [6, 6.07) is -3.01. The van der Waals surface area contributed by atoms with Gasteiger partial charge in [0.2, 0.25) is 11.8 Å². The number of carbonyl (C=O) groups is 4. The Morgan fingerprint density at radius 2 is 2.11 bits per heavy atom. The highest BCUT2D eigenvalue weighted by Crippen LogP contribution is 2.19. The molecule has 1 aromatic rings. The average Bonchev–Trinajstić information content (AvgIpc) is 3.29. The number of imidazole rings is 1. The van der Waals surface area contributed by atoms with E-state index in [1.165, 1.54) is 17.4 Å². The zero-order chi connectivity index (χ0) is 20.0. The molecule has 2 amide bonds. The van der Waals surface area contributed by atoms with Crippen molar-refractivity contribution >= 4 is 23.8 Å². The maximum atomic E-state index is 12.6. The fraction of sp³-hybridized carbons (Fsp3) is 0.562. The number of nitrogens with one attached hydrogen (secondary N) is 2. The van der Waals surface area contributed by atoms with Gasteiger partial charge >= 0.3 is 11.9 Å². The zero-order valence-electron chi connectivity index (χ0n) is 14.6. The Balaban J connectivity index is 1.99. The van der Waals surface area contributed by atoms with Crippen molar-refractivity contribution in [1.82, 2.24) is 20.2 Å². The summed E-state index contributed by atoms with van der Waals surface area (Å²) in [5.41, 5.74) is 6.31. The molecule has 1 aliphatic rings. The highest BCUT2D eigenvalue weighted by molar-refractivity contribution is 5.92. The van der Waals surface area contributed by atoms with E-state index in [2.05, 4.69) is 15.3 Å². The molecule has 0 aliphatic carbocycles. The van der Waals surface area contributed by atoms with Crippen molar-refractivity contribution in [3.8, 4) is 0 Å². The molecule has 1 aliphatic heterocycles. The van der Waals surface area contributed by atoms with Gasteiger partial charge in [0.25, 0.3) is 0 Å². The lowest BCUT2D eigenvalue weighted by atomic mass is 10.1. The second-order valence-corrected chi connectivity index (χ2v) is 6.41. The summed E-state index contributed by atoms with van der Waals surface area (Å²) in [4.78, 5) is 55.0. The van der Waals surface area contributed by atoms with Gasteiger partial charge in [0.05, 0.1) is 12.4 Å². The molecule has 27 heavy (non-hydrogen) atoms. The van der Waals surface area contributed by atoms with Crippen LogP contribution < -0.4 is 11.1 Å². The van der Waals surface area contributed by atoms with Crippen molar-refractivity contribution in [2.24, 2.45) is 5.73 Å². The largest absolute Gasteiger partial charge is 0.481 e. The monoisotopic (exact) mass is 381 g/mol. The summed E-state index contributed by atoms with van der Waals surface area (Å²) in [5, 5.41) is 20.5. The minimum atomic E-state index is -1.20. The number of amides is 2. The fourth-order valence-electron chi connectivity index (χ4n) is 3.00. The van der Waals surface area contributed by atoms with E-state index < -0.39 is 41.9 Å². The molecule has 1 aromatic heterocycles. The van der Waals surface area contributed by atoms with Gasteiger partial charge in [0, 0.05) is 31.3 Å². The molecule has 0 radical (unpaired) electrons. The lowest BCUT2D eigenvalue weighted by Gasteiger charge is -2.27. The SMILES string of the molecule is NC(CCC(=O)O)C(=O)N1CCCC1C(=O)NC(Cc1cnc[nH]1)C(=O)O. The van der Waals surface area contributed by atoms with E-state index in [4.69, 9.17) is 10.8 Å². The Morgan fingerprint density at radius 1 is 1.37 bits per heavy atom. The van der Waals surface area contributed by atoms with Gasteiger partial charge in [0.1, 0.15) is 12.1 Å². The summed E-state index contributed by atoms with van der Waals surface area (Å²) in [7, 11) is 0. The molecule has 0 bridgehead atoms. The van der Waals surface area contributed by atoms with E-state index >= 15 is 0 Å². The van der Waals surface area contributed by atoms with E-state index in [1.807, 2.05) is 0 Å². The van der Waals surface area contributed by atoms with Gasteiger partial charge < -0.3 is 31.1 Å². The van der Waals surface area contributed by atoms with Crippen molar-refractivity contribution in [3.05, 3.63) is 18.2 Å². The molecule has 1 fully saturated rings. The van der Waals surface area contributed by atoms with Crippen LogP contribution >= 0.6 is 0 Å². The number of carboxylic acid groups (broad SMARTS) is 2. The number of nitrogens with two attached hydrogens (primary N) is 1. The minimum Gasteiger partial charge on any atom is -0.481 e. The molecule has 2 rings (SSSR count). The van der Waals surface area contributed by atoms with Crippen LogP contribution in [0.3, 0.4) is 0 Å². The van der Waals surface area contributed by atoms with Gasteiger partial charge in [-0.15, -0.1) is 0 Å². The summed E-state index contributed by atoms with van der Waals surface area (Å²) in [5.74, 6) is -3.34. The van der Waals surface area contributed by atoms with Gasteiger partial charge in [-0.25, -0.2) is 9.78 Å². The summed E-state index contributed by atoms with van der Waals surface area (Å²) in [6.45, 7) is 0.315. The number of likely N-dealkylation sites (tertiary alicyclic amines) is 1. The molecule has 0 aromatic carbocycles. The average molecular weight is 381 g/mol. The Labute approximate surface area is 154 Å². The van der Waals surface area contributed by atoms with Gasteiger partial charge in [-0.3, -0.25) is 14.4 Å².